The molecule has 3 N–H and O–H groups in total. The Labute approximate surface area is 144 Å². The lowest BCUT2D eigenvalue weighted by Crippen LogP contribution is -2.41. The van der Waals surface area contributed by atoms with Gasteiger partial charge in [-0.05, 0) is 44.9 Å². The maximum absolute atomic E-state index is 11.9. The number of nitrogens with zero attached hydrogens (tertiary/aromatic N) is 1. The number of hydrogen-bond donors (Lipinski definition) is 2. The molecule has 1 aromatic carbocycles. The van der Waals surface area contributed by atoms with Gasteiger partial charge >= 0.3 is 6.09 Å². The second kappa shape index (κ2) is 7.85. The molecule has 1 amide bonds. The van der Waals surface area contributed by atoms with Crippen molar-refractivity contribution < 1.29 is 14.3 Å². The highest BCUT2D eigenvalue weighted by atomic mass is 16.6. The van der Waals surface area contributed by atoms with Gasteiger partial charge in [0.25, 0.3) is 0 Å². The fourth-order valence-electron chi connectivity index (χ4n) is 2.98. The Morgan fingerprint density at radius 3 is 2.58 bits per heavy atom. The van der Waals surface area contributed by atoms with Crippen LogP contribution < -0.4 is 15.8 Å². The van der Waals surface area contributed by atoms with E-state index < -0.39 is 5.60 Å². The average molecular weight is 335 g/mol. The third-order valence-corrected chi connectivity index (χ3v) is 4.11. The zero-order chi connectivity index (χ0) is 17.7. The Balaban J connectivity index is 1.93. The molecule has 0 spiro atoms. The van der Waals surface area contributed by atoms with Gasteiger partial charge in [-0.15, -0.1) is 0 Å². The predicted molar refractivity (Wildman–Crippen MR) is 94.1 cm³/mol. The Bertz CT molecular complexity index is 539. The number of likely N-dealkylation sites (tertiary alicyclic amines) is 1. The van der Waals surface area contributed by atoms with Crippen molar-refractivity contribution in [2.75, 3.05) is 26.7 Å². The zero-order valence-electron chi connectivity index (χ0n) is 15.0. The first kappa shape index (κ1) is 18.5. The van der Waals surface area contributed by atoms with Gasteiger partial charge in [0, 0.05) is 31.7 Å². The van der Waals surface area contributed by atoms with Crippen LogP contribution in [0.1, 0.15) is 38.8 Å². The van der Waals surface area contributed by atoms with E-state index in [2.05, 4.69) is 10.2 Å². The van der Waals surface area contributed by atoms with Crippen LogP contribution >= 0.6 is 0 Å². The number of methoxy groups -OCH3 is 1. The average Bonchev–Trinajstić information content (AvgIpc) is 2.95. The van der Waals surface area contributed by atoms with Crippen molar-refractivity contribution in [3.63, 3.8) is 0 Å². The minimum atomic E-state index is -0.481. The topological polar surface area (TPSA) is 76.8 Å². The van der Waals surface area contributed by atoms with Crippen LogP contribution in [0.3, 0.4) is 0 Å². The highest BCUT2D eigenvalue weighted by Crippen LogP contribution is 2.26. The first-order chi connectivity index (χ1) is 11.3. The number of ether oxygens (including phenoxy) is 2. The second-order valence-corrected chi connectivity index (χ2v) is 7.15. The van der Waals surface area contributed by atoms with Crippen LogP contribution in [0, 0.1) is 0 Å². The van der Waals surface area contributed by atoms with Gasteiger partial charge in [-0.25, -0.2) is 4.79 Å². The number of rotatable bonds is 5. The highest BCUT2D eigenvalue weighted by molar-refractivity contribution is 5.68. The van der Waals surface area contributed by atoms with Gasteiger partial charge in [0.05, 0.1) is 7.11 Å². The van der Waals surface area contributed by atoms with E-state index in [-0.39, 0.29) is 18.2 Å². The van der Waals surface area contributed by atoms with Gasteiger partial charge in [0.2, 0.25) is 0 Å². The van der Waals surface area contributed by atoms with Gasteiger partial charge in [-0.2, -0.15) is 0 Å². The molecule has 0 bridgehead atoms. The summed E-state index contributed by atoms with van der Waals surface area (Å²) in [6, 6.07) is 8.22. The number of carbonyl (C=O) groups is 1. The van der Waals surface area contributed by atoms with Crippen LogP contribution in [0.2, 0.25) is 0 Å². The van der Waals surface area contributed by atoms with Crippen LogP contribution in [-0.2, 0) is 4.74 Å². The number of carbonyl (C=O) groups excluding carboxylic acids is 1. The van der Waals surface area contributed by atoms with Gasteiger partial charge < -0.3 is 20.5 Å². The highest BCUT2D eigenvalue weighted by Gasteiger charge is 2.30. The lowest BCUT2D eigenvalue weighted by Gasteiger charge is -2.27. The Hall–Kier alpha value is -1.79. The summed E-state index contributed by atoms with van der Waals surface area (Å²) in [6.07, 6.45) is 0.536. The lowest BCUT2D eigenvalue weighted by molar-refractivity contribution is 0.0504. The Morgan fingerprint density at radius 2 is 2.04 bits per heavy atom. The molecule has 0 aromatic heterocycles. The Morgan fingerprint density at radius 1 is 1.38 bits per heavy atom. The zero-order valence-corrected chi connectivity index (χ0v) is 15.0. The molecule has 0 saturated carbocycles. The lowest BCUT2D eigenvalue weighted by atomic mass is 10.1. The fourth-order valence-corrected chi connectivity index (χ4v) is 2.98. The number of alkyl carbamates (subject to hydrolysis) is 1. The molecule has 6 heteroatoms. The molecule has 1 heterocycles. The molecule has 1 saturated heterocycles. The molecule has 2 atom stereocenters. The van der Waals surface area contributed by atoms with E-state index in [1.54, 1.807) is 7.11 Å². The third-order valence-electron chi connectivity index (χ3n) is 4.11. The standard InChI is InChI=1S/C18H29N3O3/c1-18(2,3)24-17(22)20-14-9-10-21(12-14)16(11-19)13-5-7-15(23-4)8-6-13/h5-8,14,16H,9-12,19H2,1-4H3,(H,20,22)/t14-,16-/m0/s1. The summed E-state index contributed by atoms with van der Waals surface area (Å²) < 4.78 is 10.5. The summed E-state index contributed by atoms with van der Waals surface area (Å²) in [5.41, 5.74) is 6.68. The van der Waals surface area contributed by atoms with Crippen molar-refractivity contribution in [2.45, 2.75) is 44.9 Å². The van der Waals surface area contributed by atoms with E-state index in [0.717, 1.165) is 30.8 Å². The Kier molecular flexibility index (Phi) is 6.07. The molecule has 1 fully saturated rings. The first-order valence-corrected chi connectivity index (χ1v) is 8.40. The van der Waals surface area contributed by atoms with Crippen molar-refractivity contribution in [1.82, 2.24) is 10.2 Å². The number of benzene rings is 1. The van der Waals surface area contributed by atoms with Crippen LogP contribution in [0.15, 0.2) is 24.3 Å². The maximum atomic E-state index is 11.9. The molecular weight excluding hydrogens is 306 g/mol. The molecule has 1 aliphatic heterocycles. The smallest absolute Gasteiger partial charge is 0.407 e. The van der Waals surface area contributed by atoms with E-state index in [1.165, 1.54) is 0 Å². The van der Waals surface area contributed by atoms with Crippen molar-refractivity contribution in [3.8, 4) is 5.75 Å². The largest absolute Gasteiger partial charge is 0.497 e. The van der Waals surface area contributed by atoms with Crippen molar-refractivity contribution in [3.05, 3.63) is 29.8 Å². The van der Waals surface area contributed by atoms with Crippen LogP contribution in [-0.4, -0.2) is 49.4 Å². The number of nitrogens with one attached hydrogen (secondary N) is 1. The summed E-state index contributed by atoms with van der Waals surface area (Å²) in [5, 5.41) is 2.95. The molecule has 1 aliphatic rings. The fraction of sp³-hybridized carbons (Fsp3) is 0.611. The number of nitrogens with two attached hydrogens (primary N) is 1. The predicted octanol–water partition coefficient (Wildman–Crippen LogP) is 2.29. The minimum Gasteiger partial charge on any atom is -0.497 e. The summed E-state index contributed by atoms with van der Waals surface area (Å²) in [6.45, 7) is 7.79. The molecule has 24 heavy (non-hydrogen) atoms. The van der Waals surface area contributed by atoms with Crippen LogP contribution in [0.25, 0.3) is 0 Å². The van der Waals surface area contributed by atoms with Gasteiger partial charge in [-0.3, -0.25) is 4.90 Å². The molecular formula is C18H29N3O3. The van der Waals surface area contributed by atoms with Crippen molar-refractivity contribution in [2.24, 2.45) is 5.73 Å². The minimum absolute atomic E-state index is 0.0900. The molecule has 0 unspecified atom stereocenters. The van der Waals surface area contributed by atoms with Crippen LogP contribution in [0.4, 0.5) is 4.79 Å². The summed E-state index contributed by atoms with van der Waals surface area (Å²) in [7, 11) is 1.66. The maximum Gasteiger partial charge on any atom is 0.407 e. The van der Waals surface area contributed by atoms with Gasteiger partial charge in [0.15, 0.2) is 0 Å². The van der Waals surface area contributed by atoms with Crippen LogP contribution in [0.5, 0.6) is 5.75 Å². The summed E-state index contributed by atoms with van der Waals surface area (Å²) in [4.78, 5) is 14.2. The van der Waals surface area contributed by atoms with E-state index in [9.17, 15) is 4.79 Å². The van der Waals surface area contributed by atoms with E-state index in [4.69, 9.17) is 15.2 Å². The van der Waals surface area contributed by atoms with Crippen molar-refractivity contribution >= 4 is 6.09 Å². The summed E-state index contributed by atoms with van der Waals surface area (Å²) >= 11 is 0. The first-order valence-electron chi connectivity index (χ1n) is 8.40. The monoisotopic (exact) mass is 335 g/mol. The van der Waals surface area contributed by atoms with Gasteiger partial charge in [-0.1, -0.05) is 12.1 Å². The van der Waals surface area contributed by atoms with E-state index in [1.807, 2.05) is 45.0 Å². The molecule has 2 rings (SSSR count). The SMILES string of the molecule is COc1ccc([C@H](CN)N2CC[C@H](NC(=O)OC(C)(C)C)C2)cc1. The quantitative estimate of drug-likeness (QED) is 0.863. The normalized spacial score (nSPS) is 19.8. The van der Waals surface area contributed by atoms with E-state index >= 15 is 0 Å². The molecule has 0 aliphatic carbocycles. The third kappa shape index (κ3) is 5.11. The second-order valence-electron chi connectivity index (χ2n) is 7.15. The van der Waals surface area contributed by atoms with E-state index in [0.29, 0.717) is 6.54 Å². The summed E-state index contributed by atoms with van der Waals surface area (Å²) in [5.74, 6) is 0.834. The van der Waals surface area contributed by atoms with Gasteiger partial charge in [0.1, 0.15) is 11.4 Å². The number of hydrogen-bond acceptors (Lipinski definition) is 5. The van der Waals surface area contributed by atoms with Crippen molar-refractivity contribution in [1.29, 1.82) is 0 Å². The molecule has 0 radical (unpaired) electrons. The number of amides is 1. The molecule has 6 nitrogen and oxygen atoms in total. The molecule has 134 valence electrons. The molecule has 1 aromatic rings.